The third kappa shape index (κ3) is 13.3. The number of primary amides is 1. The van der Waals surface area contributed by atoms with E-state index in [2.05, 4.69) is 77.3 Å². The normalized spacial score (nSPS) is 13.8. The molecule has 2 aliphatic rings. The molecule has 6 amide bonds. The van der Waals surface area contributed by atoms with Gasteiger partial charge in [0.25, 0.3) is 0 Å². The van der Waals surface area contributed by atoms with Gasteiger partial charge in [0.1, 0.15) is 0 Å². The number of thiazole rings is 2. The smallest absolute Gasteiger partial charge is 0.325 e. The molecular weight excluding hydrogens is 751 g/mol. The molecule has 2 saturated heterocycles. The Balaban J connectivity index is 0.000000214. The molecule has 16 nitrogen and oxygen atoms in total. The summed E-state index contributed by atoms with van der Waals surface area (Å²) >= 11 is 2.79. The molecule has 11 N–H and O–H groups in total. The Bertz CT molecular complexity index is 1950. The van der Waals surface area contributed by atoms with Gasteiger partial charge < -0.3 is 43.0 Å². The second-order valence-corrected chi connectivity index (χ2v) is 15.9. The molecule has 4 heterocycles. The zero-order chi connectivity index (χ0) is 39.9. The van der Waals surface area contributed by atoms with Crippen LogP contribution in [0.2, 0.25) is 0 Å². The van der Waals surface area contributed by atoms with Crippen LogP contribution < -0.4 is 53.6 Å². The van der Waals surface area contributed by atoms with E-state index in [1.165, 1.54) is 72.3 Å². The molecule has 0 unspecified atom stereocenters. The highest BCUT2D eigenvalue weighted by Gasteiger charge is 2.18. The number of aromatic nitrogens is 2. The Morgan fingerprint density at radius 2 is 1.14 bits per heavy atom. The molecule has 2 aromatic carbocycles. The number of nitrogens with zero attached hydrogens (tertiary/aromatic N) is 5. The number of nitrogens with one attached hydrogen (secondary N) is 5. The van der Waals surface area contributed by atoms with E-state index < -0.39 is 6.03 Å². The number of carbonyl (C=O) groups is 3. The molecule has 0 bridgehead atoms. The fourth-order valence-electron chi connectivity index (χ4n) is 6.35. The van der Waals surface area contributed by atoms with Crippen molar-refractivity contribution in [1.29, 1.82) is 0 Å². The molecule has 2 aliphatic heterocycles. The zero-order valence-corrected chi connectivity index (χ0v) is 33.7. The fraction of sp³-hybridized carbons (Fsp3) is 0.421. The lowest BCUT2D eigenvalue weighted by molar-refractivity contribution is 0.249. The van der Waals surface area contributed by atoms with Crippen molar-refractivity contribution in [3.05, 3.63) is 69.7 Å². The maximum Gasteiger partial charge on any atom is 0.325 e. The Hall–Kier alpha value is -5.62. The van der Waals surface area contributed by atoms with Crippen molar-refractivity contribution < 1.29 is 14.4 Å². The molecule has 4 aromatic rings. The lowest BCUT2D eigenvalue weighted by Crippen LogP contribution is -2.31. The summed E-state index contributed by atoms with van der Waals surface area (Å²) in [7, 11) is 0. The van der Waals surface area contributed by atoms with Crippen LogP contribution in [0.3, 0.4) is 0 Å². The number of carbonyl (C=O) groups excluding carboxylic acids is 3. The maximum absolute atomic E-state index is 12.5. The van der Waals surface area contributed by atoms with Gasteiger partial charge in [-0.15, -0.1) is 22.7 Å². The van der Waals surface area contributed by atoms with Gasteiger partial charge in [0.15, 0.2) is 16.2 Å². The predicted octanol–water partition coefficient (Wildman–Crippen LogP) is 6.20. The molecule has 0 aliphatic carbocycles. The number of amides is 6. The summed E-state index contributed by atoms with van der Waals surface area (Å²) in [6.07, 6.45) is 11.9. The van der Waals surface area contributed by atoms with Crippen molar-refractivity contribution in [2.24, 2.45) is 22.2 Å². The second kappa shape index (κ2) is 20.9. The van der Waals surface area contributed by atoms with Gasteiger partial charge in [0.05, 0.1) is 22.7 Å². The fourth-order valence-corrected chi connectivity index (χ4v) is 7.96. The minimum absolute atomic E-state index is 0.0739. The van der Waals surface area contributed by atoms with Crippen LogP contribution in [0.4, 0.5) is 47.4 Å². The Morgan fingerprint density at radius 1 is 0.679 bits per heavy atom. The van der Waals surface area contributed by atoms with Crippen LogP contribution in [-0.4, -0.2) is 73.3 Å². The zero-order valence-electron chi connectivity index (χ0n) is 32.0. The van der Waals surface area contributed by atoms with Gasteiger partial charge in [-0.3, -0.25) is 15.6 Å². The number of aryl methyl sites for hydroxylation is 2. The summed E-state index contributed by atoms with van der Waals surface area (Å²) in [6, 6.07) is 11.0. The van der Waals surface area contributed by atoms with E-state index in [-0.39, 0.29) is 18.0 Å². The lowest BCUT2D eigenvalue weighted by atomic mass is 10.1. The van der Waals surface area contributed by atoms with Gasteiger partial charge in [0.2, 0.25) is 0 Å². The number of hydrogen-bond donors (Lipinski definition) is 8. The van der Waals surface area contributed by atoms with E-state index in [9.17, 15) is 14.4 Å². The predicted molar refractivity (Wildman–Crippen MR) is 230 cm³/mol. The number of piperidine rings is 2. The number of anilines is 6. The van der Waals surface area contributed by atoms with Crippen LogP contribution in [0.25, 0.3) is 0 Å². The van der Waals surface area contributed by atoms with Gasteiger partial charge in [-0.1, -0.05) is 12.1 Å². The number of aliphatic imine (C=N–C) groups is 1. The molecule has 0 atom stereocenters. The lowest BCUT2D eigenvalue weighted by Gasteiger charge is -2.30. The summed E-state index contributed by atoms with van der Waals surface area (Å²) in [6.45, 7) is 9.11. The van der Waals surface area contributed by atoms with Gasteiger partial charge in [0, 0.05) is 74.3 Å². The molecule has 2 fully saturated rings. The minimum Gasteiger partial charge on any atom is -0.370 e. The van der Waals surface area contributed by atoms with Gasteiger partial charge in [-0.25, -0.2) is 24.4 Å². The largest absolute Gasteiger partial charge is 0.370 e. The Morgan fingerprint density at radius 3 is 1.59 bits per heavy atom. The summed E-state index contributed by atoms with van der Waals surface area (Å²) in [5.74, 6) is 0.0739. The summed E-state index contributed by atoms with van der Waals surface area (Å²) in [4.78, 5) is 54.7. The second-order valence-electron chi connectivity index (χ2n) is 13.7. The first-order chi connectivity index (χ1) is 27.0. The highest BCUT2D eigenvalue weighted by atomic mass is 32.1. The van der Waals surface area contributed by atoms with E-state index in [4.69, 9.17) is 17.2 Å². The van der Waals surface area contributed by atoms with Crippen LogP contribution in [-0.2, 0) is 12.8 Å². The van der Waals surface area contributed by atoms with E-state index in [1.807, 2.05) is 24.3 Å². The highest BCUT2D eigenvalue weighted by Crippen LogP contribution is 2.31. The van der Waals surface area contributed by atoms with Crippen molar-refractivity contribution >= 4 is 79.7 Å². The molecule has 18 heteroatoms. The topological polar surface area (TPSA) is 234 Å². The summed E-state index contributed by atoms with van der Waals surface area (Å²) in [5, 5.41) is 15.1. The summed E-state index contributed by atoms with van der Waals surface area (Å²) in [5.41, 5.74) is 21.8. The van der Waals surface area contributed by atoms with E-state index in [0.717, 1.165) is 58.7 Å². The van der Waals surface area contributed by atoms with E-state index in [1.54, 1.807) is 12.4 Å². The van der Waals surface area contributed by atoms with Crippen molar-refractivity contribution in [3.8, 4) is 0 Å². The van der Waals surface area contributed by atoms with Crippen LogP contribution in [0.5, 0.6) is 0 Å². The van der Waals surface area contributed by atoms with Crippen LogP contribution in [0, 0.1) is 13.8 Å². The number of urea groups is 3. The van der Waals surface area contributed by atoms with Gasteiger partial charge in [-0.05, 0) is 87.8 Å². The van der Waals surface area contributed by atoms with E-state index >= 15 is 0 Å². The molecule has 2 aromatic heterocycles. The van der Waals surface area contributed by atoms with E-state index in [0.29, 0.717) is 36.2 Å². The average molecular weight is 804 g/mol. The first kappa shape index (κ1) is 41.5. The Labute approximate surface area is 335 Å². The Kier molecular flexibility index (Phi) is 15.5. The third-order valence-electron chi connectivity index (χ3n) is 9.07. The van der Waals surface area contributed by atoms with Crippen LogP contribution >= 0.6 is 22.7 Å². The monoisotopic (exact) mass is 803 g/mol. The summed E-state index contributed by atoms with van der Waals surface area (Å²) < 4.78 is 0. The van der Waals surface area contributed by atoms with Crippen molar-refractivity contribution in [2.45, 2.75) is 65.2 Å². The third-order valence-corrected chi connectivity index (χ3v) is 11.0. The number of nitrogens with two attached hydrogens (primary N) is 3. The molecule has 300 valence electrons. The number of hydrogen-bond acceptors (Lipinski definition) is 10. The first-order valence-electron chi connectivity index (χ1n) is 18.9. The quantitative estimate of drug-likeness (QED) is 0.0601. The first-order valence-corrected chi connectivity index (χ1v) is 20.5. The minimum atomic E-state index is -0.551. The molecule has 0 spiro atoms. The standard InChI is InChI=1S/C19H27N7OS.C19H26N6O2S/c1-13-5-6-15(16(11-13)26-9-3-2-4-10-26)24-18(27)25-19-23-12-14(28-19)7-8-22-17(20)21;1-13-5-6-15(16(11-13)25-9-3-2-4-10-25)23-18(27)24-19-22-12-14(28-19)7-8-21-17(20)26/h5-6,11-12H,2-4,7-10H2,1H3,(H4,20,21,22)(H2,23,24,25,27);5-6,11-12H,2-4,7-10H2,1H3,(H3,20,21,26)(H2,22,23,24,27). The molecule has 6 rings (SSSR count). The van der Waals surface area contributed by atoms with Crippen molar-refractivity contribution in [1.82, 2.24) is 15.3 Å². The number of benzene rings is 2. The highest BCUT2D eigenvalue weighted by molar-refractivity contribution is 7.16. The van der Waals surface area contributed by atoms with Crippen LogP contribution in [0.15, 0.2) is 53.8 Å². The van der Waals surface area contributed by atoms with Crippen molar-refractivity contribution in [2.75, 3.05) is 70.3 Å². The van der Waals surface area contributed by atoms with Gasteiger partial charge in [-0.2, -0.15) is 0 Å². The van der Waals surface area contributed by atoms with Gasteiger partial charge >= 0.3 is 18.1 Å². The SMILES string of the molecule is Cc1ccc(NC(=O)Nc2ncc(CCN=C(N)N)s2)c(N2CCCCC2)c1.Cc1ccc(NC(=O)Nc2ncc(CCNC(N)=O)s2)c(N2CCCCC2)c1. The average Bonchev–Trinajstić information content (AvgIpc) is 3.82. The van der Waals surface area contributed by atoms with Crippen LogP contribution in [0.1, 0.15) is 59.4 Å². The number of rotatable bonds is 12. The molecular formula is C38H53N13O3S2. The number of guanidine groups is 1. The molecule has 56 heavy (non-hydrogen) atoms. The molecule has 0 saturated carbocycles. The van der Waals surface area contributed by atoms with Crippen molar-refractivity contribution in [3.63, 3.8) is 0 Å². The maximum atomic E-state index is 12.5. The molecule has 0 radical (unpaired) electrons.